The van der Waals surface area contributed by atoms with E-state index in [-0.39, 0.29) is 17.9 Å². The summed E-state index contributed by atoms with van der Waals surface area (Å²) in [5, 5.41) is 3.07. The van der Waals surface area contributed by atoms with Crippen LogP contribution in [0.3, 0.4) is 0 Å². The smallest absolute Gasteiger partial charge is 0.240 e. The summed E-state index contributed by atoms with van der Waals surface area (Å²) in [5.74, 6) is 0.230. The van der Waals surface area contributed by atoms with Crippen LogP contribution in [0.25, 0.3) is 0 Å². The lowest BCUT2D eigenvalue weighted by atomic mass is 9.87. The van der Waals surface area contributed by atoms with Crippen molar-refractivity contribution in [2.24, 2.45) is 11.7 Å². The minimum absolute atomic E-state index is 0.0445. The highest BCUT2D eigenvalue weighted by molar-refractivity contribution is 5.86. The van der Waals surface area contributed by atoms with Gasteiger partial charge in [0.25, 0.3) is 0 Å². The number of rotatable bonds is 4. The maximum Gasteiger partial charge on any atom is 0.240 e. The van der Waals surface area contributed by atoms with Gasteiger partial charge in [0.2, 0.25) is 5.91 Å². The van der Waals surface area contributed by atoms with Crippen molar-refractivity contribution in [3.63, 3.8) is 0 Å². The fraction of sp³-hybridized carbons (Fsp3) is 0.632. The lowest BCUT2D eigenvalue weighted by molar-refractivity contribution is -0.130. The topological polar surface area (TPSA) is 73.6 Å². The van der Waals surface area contributed by atoms with Crippen LogP contribution in [0, 0.1) is 12.8 Å². The van der Waals surface area contributed by atoms with Crippen LogP contribution >= 0.6 is 0 Å². The summed E-state index contributed by atoms with van der Waals surface area (Å²) in [4.78, 5) is 12.5. The largest absolute Gasteiger partial charge is 0.381 e. The SMILES string of the molecule is Cc1ccc(C2OCCCC2CNC(=O)C2(N)CCOCC2)cc1. The minimum atomic E-state index is -0.785. The number of aryl methyl sites for hydroxylation is 1. The van der Waals surface area contributed by atoms with E-state index in [0.717, 1.165) is 19.4 Å². The van der Waals surface area contributed by atoms with Crippen molar-refractivity contribution in [3.05, 3.63) is 35.4 Å². The van der Waals surface area contributed by atoms with Crippen molar-refractivity contribution >= 4 is 5.91 Å². The van der Waals surface area contributed by atoms with Crippen LogP contribution in [0.4, 0.5) is 0 Å². The summed E-state index contributed by atoms with van der Waals surface area (Å²) < 4.78 is 11.3. The van der Waals surface area contributed by atoms with Crippen LogP contribution in [-0.4, -0.2) is 37.8 Å². The quantitative estimate of drug-likeness (QED) is 0.885. The van der Waals surface area contributed by atoms with Gasteiger partial charge in [0.15, 0.2) is 0 Å². The summed E-state index contributed by atoms with van der Waals surface area (Å²) in [5.41, 5.74) is 7.90. The summed E-state index contributed by atoms with van der Waals surface area (Å²) in [6, 6.07) is 8.48. The fourth-order valence-electron chi connectivity index (χ4n) is 3.54. The van der Waals surface area contributed by atoms with E-state index >= 15 is 0 Å². The van der Waals surface area contributed by atoms with Gasteiger partial charge in [-0.25, -0.2) is 0 Å². The highest BCUT2D eigenvalue weighted by atomic mass is 16.5. The molecule has 0 aromatic heterocycles. The molecule has 3 N–H and O–H groups in total. The van der Waals surface area contributed by atoms with Gasteiger partial charge in [-0.15, -0.1) is 0 Å². The number of amides is 1. The Hall–Kier alpha value is -1.43. The third kappa shape index (κ3) is 3.97. The Morgan fingerprint density at radius 2 is 1.96 bits per heavy atom. The van der Waals surface area contributed by atoms with Crippen LogP contribution in [0.15, 0.2) is 24.3 Å². The molecule has 1 aromatic carbocycles. The Morgan fingerprint density at radius 1 is 1.25 bits per heavy atom. The molecule has 24 heavy (non-hydrogen) atoms. The lowest BCUT2D eigenvalue weighted by Gasteiger charge is -2.35. The summed E-state index contributed by atoms with van der Waals surface area (Å²) in [6.07, 6.45) is 3.30. The fourth-order valence-corrected chi connectivity index (χ4v) is 3.54. The van der Waals surface area contributed by atoms with Crippen molar-refractivity contribution in [2.75, 3.05) is 26.4 Å². The number of carbonyl (C=O) groups excluding carboxylic acids is 1. The zero-order valence-electron chi connectivity index (χ0n) is 14.4. The number of carbonyl (C=O) groups is 1. The van der Waals surface area contributed by atoms with Crippen LogP contribution in [0.5, 0.6) is 0 Å². The first kappa shape index (κ1) is 17.4. The maximum absolute atomic E-state index is 12.5. The molecule has 5 nitrogen and oxygen atoms in total. The van der Waals surface area contributed by atoms with Crippen LogP contribution < -0.4 is 11.1 Å². The molecule has 1 aromatic rings. The molecule has 0 aliphatic carbocycles. The number of ether oxygens (including phenoxy) is 2. The first-order chi connectivity index (χ1) is 11.6. The molecule has 2 aliphatic heterocycles. The van der Waals surface area contributed by atoms with Crippen molar-refractivity contribution in [1.29, 1.82) is 0 Å². The van der Waals surface area contributed by atoms with Gasteiger partial charge < -0.3 is 20.5 Å². The van der Waals surface area contributed by atoms with Crippen molar-refractivity contribution in [2.45, 2.75) is 44.2 Å². The third-order valence-corrected chi connectivity index (χ3v) is 5.21. The van der Waals surface area contributed by atoms with Crippen LogP contribution in [0.2, 0.25) is 0 Å². The molecule has 0 radical (unpaired) electrons. The highest BCUT2D eigenvalue weighted by Crippen LogP contribution is 2.33. The molecule has 2 fully saturated rings. The Balaban J connectivity index is 1.61. The molecule has 1 amide bonds. The summed E-state index contributed by atoms with van der Waals surface area (Å²) in [7, 11) is 0. The minimum Gasteiger partial charge on any atom is -0.381 e. The monoisotopic (exact) mass is 332 g/mol. The average Bonchev–Trinajstić information content (AvgIpc) is 2.61. The van der Waals surface area contributed by atoms with Gasteiger partial charge >= 0.3 is 0 Å². The second kappa shape index (κ2) is 7.64. The van der Waals surface area contributed by atoms with Gasteiger partial charge in [-0.05, 0) is 38.2 Å². The molecule has 0 spiro atoms. The summed E-state index contributed by atoms with van der Waals surface area (Å²) >= 11 is 0. The Labute approximate surface area is 143 Å². The van der Waals surface area contributed by atoms with E-state index in [1.54, 1.807) is 0 Å². The molecule has 3 rings (SSSR count). The molecule has 5 heteroatoms. The first-order valence-electron chi connectivity index (χ1n) is 8.92. The van der Waals surface area contributed by atoms with E-state index in [0.29, 0.717) is 32.6 Å². The normalized spacial score (nSPS) is 26.8. The number of nitrogens with one attached hydrogen (secondary N) is 1. The molecule has 0 saturated carbocycles. The Bertz CT molecular complexity index is 552. The third-order valence-electron chi connectivity index (χ3n) is 5.21. The zero-order chi connectivity index (χ0) is 17.0. The molecule has 2 unspecified atom stereocenters. The number of nitrogens with two attached hydrogens (primary N) is 1. The Morgan fingerprint density at radius 3 is 2.67 bits per heavy atom. The molecule has 2 saturated heterocycles. The van der Waals surface area contributed by atoms with Gasteiger partial charge in [-0.2, -0.15) is 0 Å². The van der Waals surface area contributed by atoms with E-state index in [2.05, 4.69) is 36.5 Å². The first-order valence-corrected chi connectivity index (χ1v) is 8.92. The number of benzene rings is 1. The molecule has 2 atom stereocenters. The van der Waals surface area contributed by atoms with Gasteiger partial charge in [0, 0.05) is 32.3 Å². The van der Waals surface area contributed by atoms with Gasteiger partial charge in [-0.3, -0.25) is 4.79 Å². The summed E-state index contributed by atoms with van der Waals surface area (Å²) in [6.45, 7) is 4.58. The molecular weight excluding hydrogens is 304 g/mol. The predicted molar refractivity (Wildman–Crippen MR) is 92.6 cm³/mol. The van der Waals surface area contributed by atoms with Crippen molar-refractivity contribution in [3.8, 4) is 0 Å². The number of hydrogen-bond acceptors (Lipinski definition) is 4. The highest BCUT2D eigenvalue weighted by Gasteiger charge is 2.37. The van der Waals surface area contributed by atoms with Gasteiger partial charge in [0.1, 0.15) is 0 Å². The predicted octanol–water partition coefficient (Wildman–Crippen LogP) is 2.09. The zero-order valence-corrected chi connectivity index (χ0v) is 14.4. The van der Waals surface area contributed by atoms with E-state index in [1.807, 2.05) is 0 Å². The lowest BCUT2D eigenvalue weighted by Crippen LogP contribution is -2.57. The average molecular weight is 332 g/mol. The number of hydrogen-bond donors (Lipinski definition) is 2. The maximum atomic E-state index is 12.5. The second-order valence-electron chi connectivity index (χ2n) is 7.08. The van der Waals surface area contributed by atoms with Crippen LogP contribution in [0.1, 0.15) is 42.9 Å². The van der Waals surface area contributed by atoms with Crippen molar-refractivity contribution in [1.82, 2.24) is 5.32 Å². The van der Waals surface area contributed by atoms with E-state index in [9.17, 15) is 4.79 Å². The molecule has 2 aliphatic rings. The standard InChI is InChI=1S/C19H28N2O3/c1-14-4-6-15(7-5-14)17-16(3-2-10-24-17)13-21-18(22)19(20)8-11-23-12-9-19/h4-7,16-17H,2-3,8-13,20H2,1H3,(H,21,22). The molecule has 132 valence electrons. The van der Waals surface area contributed by atoms with Crippen molar-refractivity contribution < 1.29 is 14.3 Å². The van der Waals surface area contributed by atoms with Gasteiger partial charge in [-0.1, -0.05) is 29.8 Å². The van der Waals surface area contributed by atoms with E-state index in [4.69, 9.17) is 15.2 Å². The second-order valence-corrected chi connectivity index (χ2v) is 7.08. The molecule has 0 bridgehead atoms. The van der Waals surface area contributed by atoms with E-state index < -0.39 is 5.54 Å². The molecular formula is C19H28N2O3. The molecule has 2 heterocycles. The van der Waals surface area contributed by atoms with Gasteiger partial charge in [0.05, 0.1) is 11.6 Å². The van der Waals surface area contributed by atoms with E-state index in [1.165, 1.54) is 11.1 Å². The van der Waals surface area contributed by atoms with Crippen LogP contribution in [-0.2, 0) is 14.3 Å². The Kier molecular flexibility index (Phi) is 5.54.